The number of aryl methyl sites for hydroxylation is 2. The molecule has 2 rings (SSSR count). The molecule has 1 N–H and O–H groups in total. The number of hydrogen-bond donors (Lipinski definition) is 1. The second-order valence-corrected chi connectivity index (χ2v) is 5.62. The first-order valence-electron chi connectivity index (χ1n) is 6.59. The number of anilines is 1. The van der Waals surface area contributed by atoms with Crippen molar-refractivity contribution in [1.82, 2.24) is 4.98 Å². The van der Waals surface area contributed by atoms with Gasteiger partial charge in [0.2, 0.25) is 0 Å². The highest BCUT2D eigenvalue weighted by atomic mass is 32.2. The predicted octanol–water partition coefficient (Wildman–Crippen LogP) is 4.42. The van der Waals surface area contributed by atoms with Gasteiger partial charge in [-0.1, -0.05) is 23.8 Å². The molecule has 2 nitrogen and oxygen atoms in total. The first kappa shape index (κ1) is 13.9. The van der Waals surface area contributed by atoms with Crippen LogP contribution in [0.2, 0.25) is 0 Å². The van der Waals surface area contributed by atoms with Gasteiger partial charge in [0.05, 0.1) is 5.69 Å². The van der Waals surface area contributed by atoms with Crippen molar-refractivity contribution in [3.63, 3.8) is 0 Å². The molecule has 0 saturated carbocycles. The van der Waals surface area contributed by atoms with Gasteiger partial charge in [0, 0.05) is 17.2 Å². The third-order valence-corrected chi connectivity index (χ3v) is 4.08. The van der Waals surface area contributed by atoms with E-state index >= 15 is 0 Å². The summed E-state index contributed by atoms with van der Waals surface area (Å²) in [5, 5.41) is 3.24. The summed E-state index contributed by atoms with van der Waals surface area (Å²) in [5.41, 5.74) is 3.77. The number of hydrogen-bond acceptors (Lipinski definition) is 3. The average molecular weight is 272 g/mol. The van der Waals surface area contributed by atoms with Gasteiger partial charge in [-0.05, 0) is 44.5 Å². The lowest BCUT2D eigenvalue weighted by molar-refractivity contribution is 1.11. The molecule has 0 bridgehead atoms. The summed E-state index contributed by atoms with van der Waals surface area (Å²) in [6.07, 6.45) is 0. The maximum atomic E-state index is 4.59. The number of pyridine rings is 1. The highest BCUT2D eigenvalue weighted by Crippen LogP contribution is 2.26. The molecule has 1 aromatic carbocycles. The van der Waals surface area contributed by atoms with Gasteiger partial charge in [-0.3, -0.25) is 0 Å². The van der Waals surface area contributed by atoms with Crippen LogP contribution >= 0.6 is 11.8 Å². The lowest BCUT2D eigenvalue weighted by atomic mass is 10.2. The number of nitrogens with zero attached hydrogens (tertiary/aromatic N) is 1. The van der Waals surface area contributed by atoms with Crippen molar-refractivity contribution in [1.29, 1.82) is 0 Å². The molecular formula is C16H20N2S. The van der Waals surface area contributed by atoms with E-state index in [0.29, 0.717) is 0 Å². The molecule has 0 aliphatic heterocycles. The average Bonchev–Trinajstić information content (AvgIpc) is 2.38. The highest BCUT2D eigenvalue weighted by molar-refractivity contribution is 7.98. The quantitative estimate of drug-likeness (QED) is 0.815. The summed E-state index contributed by atoms with van der Waals surface area (Å²) < 4.78 is 0. The summed E-state index contributed by atoms with van der Waals surface area (Å²) in [4.78, 5) is 5.93. The summed E-state index contributed by atoms with van der Waals surface area (Å²) in [6.45, 7) is 7.28. The Balaban J connectivity index is 2.03. The Morgan fingerprint density at radius 1 is 1.16 bits per heavy atom. The minimum atomic E-state index is 0.903. The predicted molar refractivity (Wildman–Crippen MR) is 83.9 cm³/mol. The SMILES string of the molecule is CCNc1cccc(CSc2ccc(C)cc2C)n1. The fraction of sp³-hybridized carbons (Fsp3) is 0.312. The van der Waals surface area contributed by atoms with Gasteiger partial charge >= 0.3 is 0 Å². The smallest absolute Gasteiger partial charge is 0.126 e. The number of nitrogens with one attached hydrogen (secondary N) is 1. The van der Waals surface area contributed by atoms with E-state index in [2.05, 4.69) is 61.4 Å². The fourth-order valence-corrected chi connectivity index (χ4v) is 2.87. The van der Waals surface area contributed by atoms with Crippen LogP contribution in [0.1, 0.15) is 23.7 Å². The standard InChI is InChI=1S/C16H20N2S/c1-4-17-16-7-5-6-14(18-16)11-19-15-9-8-12(2)10-13(15)3/h5-10H,4,11H2,1-3H3,(H,17,18). The summed E-state index contributed by atoms with van der Waals surface area (Å²) in [5.74, 6) is 1.87. The second-order valence-electron chi connectivity index (χ2n) is 4.60. The Bertz CT molecular complexity index is 552. The number of benzene rings is 1. The van der Waals surface area contributed by atoms with E-state index in [1.165, 1.54) is 16.0 Å². The van der Waals surface area contributed by atoms with Gasteiger partial charge in [0.1, 0.15) is 5.82 Å². The van der Waals surface area contributed by atoms with E-state index in [1.807, 2.05) is 17.8 Å². The minimum Gasteiger partial charge on any atom is -0.370 e. The number of rotatable bonds is 5. The van der Waals surface area contributed by atoms with Crippen LogP contribution in [0.3, 0.4) is 0 Å². The zero-order valence-corrected chi connectivity index (χ0v) is 12.6. The van der Waals surface area contributed by atoms with Gasteiger partial charge in [-0.2, -0.15) is 0 Å². The second kappa shape index (κ2) is 6.62. The monoisotopic (exact) mass is 272 g/mol. The lowest BCUT2D eigenvalue weighted by Gasteiger charge is -2.08. The van der Waals surface area contributed by atoms with Crippen LogP contribution in [0, 0.1) is 13.8 Å². The van der Waals surface area contributed by atoms with Crippen LogP contribution < -0.4 is 5.32 Å². The first-order chi connectivity index (χ1) is 9.19. The van der Waals surface area contributed by atoms with Crippen molar-refractivity contribution in [2.45, 2.75) is 31.4 Å². The van der Waals surface area contributed by atoms with Crippen molar-refractivity contribution in [2.24, 2.45) is 0 Å². The summed E-state index contributed by atoms with van der Waals surface area (Å²) >= 11 is 1.85. The molecule has 1 aromatic heterocycles. The molecule has 3 heteroatoms. The van der Waals surface area contributed by atoms with Gasteiger partial charge < -0.3 is 5.32 Å². The number of aromatic nitrogens is 1. The largest absolute Gasteiger partial charge is 0.370 e. The molecule has 0 fully saturated rings. The zero-order chi connectivity index (χ0) is 13.7. The van der Waals surface area contributed by atoms with E-state index in [9.17, 15) is 0 Å². The van der Waals surface area contributed by atoms with Crippen LogP contribution in [0.4, 0.5) is 5.82 Å². The first-order valence-corrected chi connectivity index (χ1v) is 7.57. The Hall–Kier alpha value is -1.48. The van der Waals surface area contributed by atoms with Crippen molar-refractivity contribution in [3.8, 4) is 0 Å². The lowest BCUT2D eigenvalue weighted by Crippen LogP contribution is -2.00. The Morgan fingerprint density at radius 3 is 2.74 bits per heavy atom. The van der Waals surface area contributed by atoms with Gasteiger partial charge in [-0.15, -0.1) is 11.8 Å². The van der Waals surface area contributed by atoms with Crippen LogP contribution in [0.25, 0.3) is 0 Å². The third-order valence-electron chi connectivity index (χ3n) is 2.87. The molecule has 0 aliphatic carbocycles. The highest BCUT2D eigenvalue weighted by Gasteiger charge is 2.02. The van der Waals surface area contributed by atoms with Gasteiger partial charge in [0.25, 0.3) is 0 Å². The topological polar surface area (TPSA) is 24.9 Å². The van der Waals surface area contributed by atoms with E-state index in [1.54, 1.807) is 0 Å². The van der Waals surface area contributed by atoms with Crippen LogP contribution in [-0.2, 0) is 5.75 Å². The molecule has 0 radical (unpaired) electrons. The molecule has 0 amide bonds. The van der Waals surface area contributed by atoms with E-state index in [-0.39, 0.29) is 0 Å². The fourth-order valence-electron chi connectivity index (χ4n) is 1.95. The van der Waals surface area contributed by atoms with Gasteiger partial charge in [-0.25, -0.2) is 4.98 Å². The maximum absolute atomic E-state index is 4.59. The molecule has 0 unspecified atom stereocenters. The molecular weight excluding hydrogens is 252 g/mol. The Labute approximate surface area is 119 Å². The molecule has 0 aliphatic rings. The molecule has 100 valence electrons. The molecule has 0 spiro atoms. The summed E-state index contributed by atoms with van der Waals surface area (Å²) in [6, 6.07) is 12.7. The van der Waals surface area contributed by atoms with E-state index < -0.39 is 0 Å². The van der Waals surface area contributed by atoms with Crippen molar-refractivity contribution in [3.05, 3.63) is 53.2 Å². The van der Waals surface area contributed by atoms with Crippen molar-refractivity contribution >= 4 is 17.6 Å². The van der Waals surface area contributed by atoms with E-state index in [4.69, 9.17) is 0 Å². The Kier molecular flexibility index (Phi) is 4.86. The van der Waals surface area contributed by atoms with Gasteiger partial charge in [0.15, 0.2) is 0 Å². The van der Waals surface area contributed by atoms with E-state index in [0.717, 1.165) is 23.8 Å². The molecule has 19 heavy (non-hydrogen) atoms. The van der Waals surface area contributed by atoms with Crippen molar-refractivity contribution in [2.75, 3.05) is 11.9 Å². The third kappa shape index (κ3) is 4.00. The molecule has 0 saturated heterocycles. The minimum absolute atomic E-state index is 0.903. The molecule has 2 aromatic rings. The summed E-state index contributed by atoms with van der Waals surface area (Å²) in [7, 11) is 0. The zero-order valence-electron chi connectivity index (χ0n) is 11.7. The normalized spacial score (nSPS) is 10.5. The number of thioether (sulfide) groups is 1. The Morgan fingerprint density at radius 2 is 2.00 bits per heavy atom. The van der Waals surface area contributed by atoms with Crippen LogP contribution in [-0.4, -0.2) is 11.5 Å². The van der Waals surface area contributed by atoms with Crippen LogP contribution in [0.15, 0.2) is 41.3 Å². The van der Waals surface area contributed by atoms with Crippen molar-refractivity contribution < 1.29 is 0 Å². The molecule has 0 atom stereocenters. The molecule has 1 heterocycles. The maximum Gasteiger partial charge on any atom is 0.126 e. The van der Waals surface area contributed by atoms with Crippen LogP contribution in [0.5, 0.6) is 0 Å².